The van der Waals surface area contributed by atoms with Crippen LogP contribution in [0, 0.1) is 0 Å². The molecule has 0 aliphatic carbocycles. The highest BCUT2D eigenvalue weighted by Gasteiger charge is 2.57. The lowest BCUT2D eigenvalue weighted by molar-refractivity contribution is -0.188. The Kier molecular flexibility index (Phi) is 4.10. The standard InChI is InChI=1S/C8H11Cl3O6/c9-8(10,11)7-16-5-3(14)4(2(13)1-12)15-6(5)17-7/h2-7,12-14H,1H2/t2-,3-,4+,5-,6-,7-/m1/s1. The molecule has 2 saturated heterocycles. The molecule has 3 N–H and O–H groups in total. The summed E-state index contributed by atoms with van der Waals surface area (Å²) in [7, 11) is 0. The molecule has 2 aliphatic rings. The molecule has 6 atom stereocenters. The minimum absolute atomic E-state index is 0.547. The van der Waals surface area contributed by atoms with E-state index in [-0.39, 0.29) is 0 Å². The van der Waals surface area contributed by atoms with E-state index in [0.29, 0.717) is 0 Å². The Labute approximate surface area is 112 Å². The van der Waals surface area contributed by atoms with Gasteiger partial charge in [0.2, 0.25) is 10.1 Å². The molecule has 17 heavy (non-hydrogen) atoms. The van der Waals surface area contributed by atoms with E-state index in [1.54, 1.807) is 0 Å². The highest BCUT2D eigenvalue weighted by molar-refractivity contribution is 6.67. The molecular weight excluding hydrogens is 298 g/mol. The average molecular weight is 310 g/mol. The minimum atomic E-state index is -1.79. The fraction of sp³-hybridized carbons (Fsp3) is 1.00. The van der Waals surface area contributed by atoms with Crippen LogP contribution in [-0.2, 0) is 14.2 Å². The van der Waals surface area contributed by atoms with Crippen LogP contribution < -0.4 is 0 Å². The van der Waals surface area contributed by atoms with Crippen LogP contribution in [0.2, 0.25) is 0 Å². The number of hydrogen-bond acceptors (Lipinski definition) is 6. The number of aliphatic hydroxyl groups excluding tert-OH is 3. The van der Waals surface area contributed by atoms with Crippen molar-refractivity contribution >= 4 is 34.8 Å². The number of alkyl halides is 3. The van der Waals surface area contributed by atoms with Crippen molar-refractivity contribution in [3.63, 3.8) is 0 Å². The molecule has 2 aliphatic heterocycles. The second-order valence-corrected chi connectivity index (χ2v) is 6.19. The molecule has 6 nitrogen and oxygen atoms in total. The molecule has 2 fully saturated rings. The zero-order valence-electron chi connectivity index (χ0n) is 8.37. The molecule has 0 saturated carbocycles. The van der Waals surface area contributed by atoms with Crippen molar-refractivity contribution in [3.05, 3.63) is 0 Å². The number of fused-ring (bicyclic) bond motifs is 1. The summed E-state index contributed by atoms with van der Waals surface area (Å²) in [6.45, 7) is -0.547. The quantitative estimate of drug-likeness (QED) is 0.598. The molecule has 0 aromatic rings. The lowest BCUT2D eigenvalue weighted by Gasteiger charge is -2.24. The minimum Gasteiger partial charge on any atom is -0.394 e. The summed E-state index contributed by atoms with van der Waals surface area (Å²) in [5.41, 5.74) is 0. The molecule has 2 heterocycles. The van der Waals surface area contributed by atoms with Gasteiger partial charge in [-0.25, -0.2) is 0 Å². The molecule has 0 spiro atoms. The number of hydrogen-bond donors (Lipinski definition) is 3. The SMILES string of the molecule is OC[C@@H](O)[C@@H]1O[C@@H]2O[C@H](C(Cl)(Cl)Cl)O[C@@H]2[C@@H]1O. The van der Waals surface area contributed by atoms with Gasteiger partial charge in [-0.1, -0.05) is 34.8 Å². The van der Waals surface area contributed by atoms with Crippen LogP contribution in [0.15, 0.2) is 0 Å². The Bertz CT molecular complexity index is 285. The van der Waals surface area contributed by atoms with E-state index in [1.807, 2.05) is 0 Å². The lowest BCUT2D eigenvalue weighted by Crippen LogP contribution is -2.42. The van der Waals surface area contributed by atoms with E-state index in [4.69, 9.17) is 54.1 Å². The molecular formula is C8H11Cl3O6. The fourth-order valence-corrected chi connectivity index (χ4v) is 2.10. The fourth-order valence-electron chi connectivity index (χ4n) is 1.79. The summed E-state index contributed by atoms with van der Waals surface area (Å²) in [6, 6.07) is 0. The van der Waals surface area contributed by atoms with E-state index >= 15 is 0 Å². The highest BCUT2D eigenvalue weighted by Crippen LogP contribution is 2.42. The maximum Gasteiger partial charge on any atom is 0.241 e. The summed E-state index contributed by atoms with van der Waals surface area (Å²) in [5, 5.41) is 28.0. The Morgan fingerprint density at radius 3 is 2.29 bits per heavy atom. The van der Waals surface area contributed by atoms with Gasteiger partial charge >= 0.3 is 0 Å². The first-order valence-corrected chi connectivity index (χ1v) is 5.98. The first-order chi connectivity index (χ1) is 7.84. The van der Waals surface area contributed by atoms with Crippen molar-refractivity contribution in [2.75, 3.05) is 6.61 Å². The van der Waals surface area contributed by atoms with Crippen LogP contribution in [0.5, 0.6) is 0 Å². The molecule has 0 aromatic heterocycles. The molecule has 100 valence electrons. The lowest BCUT2D eigenvalue weighted by atomic mass is 10.1. The van der Waals surface area contributed by atoms with Gasteiger partial charge in [0.15, 0.2) is 6.29 Å². The summed E-state index contributed by atoms with van der Waals surface area (Å²) in [4.78, 5) is 0. The van der Waals surface area contributed by atoms with E-state index < -0.39 is 47.4 Å². The second-order valence-electron chi connectivity index (χ2n) is 3.82. The Balaban J connectivity index is 2.01. The van der Waals surface area contributed by atoms with E-state index in [1.165, 1.54) is 0 Å². The number of rotatable bonds is 2. The summed E-state index contributed by atoms with van der Waals surface area (Å²) < 4.78 is 13.8. The number of halogens is 3. The van der Waals surface area contributed by atoms with Crippen LogP contribution in [0.4, 0.5) is 0 Å². The predicted molar refractivity (Wildman–Crippen MR) is 57.8 cm³/mol. The van der Waals surface area contributed by atoms with Crippen molar-refractivity contribution < 1.29 is 29.5 Å². The second kappa shape index (κ2) is 4.96. The predicted octanol–water partition coefficient (Wildman–Crippen LogP) is -0.463. The van der Waals surface area contributed by atoms with Crippen molar-refractivity contribution in [3.8, 4) is 0 Å². The van der Waals surface area contributed by atoms with Crippen molar-refractivity contribution in [2.45, 2.75) is 40.8 Å². The van der Waals surface area contributed by atoms with Crippen LogP contribution in [-0.4, -0.2) is 62.7 Å². The van der Waals surface area contributed by atoms with Gasteiger partial charge in [0.05, 0.1) is 6.61 Å². The Morgan fingerprint density at radius 2 is 1.82 bits per heavy atom. The van der Waals surface area contributed by atoms with Gasteiger partial charge < -0.3 is 29.5 Å². The normalized spacial score (nSPS) is 43.8. The van der Waals surface area contributed by atoms with Gasteiger partial charge in [-0.05, 0) is 0 Å². The molecule has 0 radical (unpaired) electrons. The third kappa shape index (κ3) is 2.65. The topological polar surface area (TPSA) is 88.4 Å². The Morgan fingerprint density at radius 1 is 1.18 bits per heavy atom. The van der Waals surface area contributed by atoms with Gasteiger partial charge in [-0.3, -0.25) is 0 Å². The third-order valence-electron chi connectivity index (χ3n) is 2.60. The van der Waals surface area contributed by atoms with Crippen molar-refractivity contribution in [1.29, 1.82) is 0 Å². The summed E-state index contributed by atoms with van der Waals surface area (Å²) in [5.74, 6) is 0. The average Bonchev–Trinajstić information content (AvgIpc) is 2.77. The Hall–Kier alpha value is 0.630. The van der Waals surface area contributed by atoms with Crippen molar-refractivity contribution in [2.24, 2.45) is 0 Å². The van der Waals surface area contributed by atoms with E-state index in [9.17, 15) is 10.2 Å². The van der Waals surface area contributed by atoms with E-state index in [2.05, 4.69) is 0 Å². The smallest absolute Gasteiger partial charge is 0.241 e. The van der Waals surface area contributed by atoms with Crippen LogP contribution in [0.25, 0.3) is 0 Å². The molecule has 0 bridgehead atoms. The third-order valence-corrected chi connectivity index (χ3v) is 3.14. The maximum absolute atomic E-state index is 9.81. The molecule has 0 amide bonds. The van der Waals surface area contributed by atoms with Gasteiger partial charge in [0, 0.05) is 0 Å². The van der Waals surface area contributed by atoms with Crippen LogP contribution in [0.1, 0.15) is 0 Å². The van der Waals surface area contributed by atoms with E-state index in [0.717, 1.165) is 0 Å². The summed E-state index contributed by atoms with van der Waals surface area (Å²) in [6.07, 6.45) is -6.33. The van der Waals surface area contributed by atoms with Crippen LogP contribution >= 0.6 is 34.8 Å². The molecule has 9 heteroatoms. The zero-order valence-corrected chi connectivity index (χ0v) is 10.6. The summed E-state index contributed by atoms with van der Waals surface area (Å²) >= 11 is 16.7. The van der Waals surface area contributed by atoms with Gasteiger partial charge in [-0.2, -0.15) is 0 Å². The first kappa shape index (κ1) is 14.0. The monoisotopic (exact) mass is 308 g/mol. The van der Waals surface area contributed by atoms with Gasteiger partial charge in [0.1, 0.15) is 24.4 Å². The number of aliphatic hydroxyl groups is 3. The molecule has 2 rings (SSSR count). The highest BCUT2D eigenvalue weighted by atomic mass is 35.6. The molecule has 0 aromatic carbocycles. The van der Waals surface area contributed by atoms with Gasteiger partial charge in [0.25, 0.3) is 0 Å². The van der Waals surface area contributed by atoms with Gasteiger partial charge in [-0.15, -0.1) is 0 Å². The van der Waals surface area contributed by atoms with Crippen molar-refractivity contribution in [1.82, 2.24) is 0 Å². The maximum atomic E-state index is 9.81. The van der Waals surface area contributed by atoms with Crippen LogP contribution in [0.3, 0.4) is 0 Å². The largest absolute Gasteiger partial charge is 0.394 e. The number of ether oxygens (including phenoxy) is 3. The first-order valence-electron chi connectivity index (χ1n) is 4.84. The molecule has 0 unspecified atom stereocenters. The zero-order chi connectivity index (χ0) is 12.8.